The van der Waals surface area contributed by atoms with Gasteiger partial charge in [-0.25, -0.2) is 0 Å². The fourth-order valence-corrected chi connectivity index (χ4v) is 0.849. The summed E-state index contributed by atoms with van der Waals surface area (Å²) in [5, 5.41) is 0. The fraction of sp³-hybridized carbons (Fsp3) is 1.00. The maximum atomic E-state index is 5.80. The lowest BCUT2D eigenvalue weighted by Crippen LogP contribution is -2.42. The van der Waals surface area contributed by atoms with Crippen molar-refractivity contribution in [3.8, 4) is 0 Å². The molecule has 1 aliphatic rings. The monoisotopic (exact) mass is 115 g/mol. The smallest absolute Gasteiger partial charge is 0.0724 e. The van der Waals surface area contributed by atoms with Crippen LogP contribution in [0.3, 0.4) is 0 Å². The van der Waals surface area contributed by atoms with E-state index < -0.39 is 0 Å². The summed E-state index contributed by atoms with van der Waals surface area (Å²) in [4.78, 5) is 0. The van der Waals surface area contributed by atoms with Crippen molar-refractivity contribution in [2.75, 3.05) is 6.61 Å². The number of rotatable bonds is 0. The van der Waals surface area contributed by atoms with Gasteiger partial charge in [-0.2, -0.15) is 0 Å². The number of ether oxygens (including phenoxy) is 1. The van der Waals surface area contributed by atoms with Gasteiger partial charge in [-0.3, -0.25) is 0 Å². The van der Waals surface area contributed by atoms with E-state index in [4.69, 9.17) is 10.5 Å². The Kier molecular flexibility index (Phi) is 1.29. The van der Waals surface area contributed by atoms with Gasteiger partial charge in [0.2, 0.25) is 0 Å². The number of hydrogen-bond acceptors (Lipinski definition) is 2. The molecule has 0 aromatic rings. The Bertz CT molecular complexity index is 90.5. The van der Waals surface area contributed by atoms with Gasteiger partial charge in [-0.1, -0.05) is 0 Å². The molecule has 8 heavy (non-hydrogen) atoms. The van der Waals surface area contributed by atoms with E-state index in [1.807, 2.05) is 13.8 Å². The predicted molar refractivity (Wildman–Crippen MR) is 32.6 cm³/mol. The van der Waals surface area contributed by atoms with Crippen LogP contribution in [0.1, 0.15) is 20.3 Å². The van der Waals surface area contributed by atoms with E-state index in [0.717, 1.165) is 13.0 Å². The Morgan fingerprint density at radius 2 is 2.38 bits per heavy atom. The summed E-state index contributed by atoms with van der Waals surface area (Å²) in [7, 11) is 0. The highest BCUT2D eigenvalue weighted by Crippen LogP contribution is 2.21. The summed E-state index contributed by atoms with van der Waals surface area (Å²) in [5.41, 5.74) is 5.73. The first-order chi connectivity index (χ1) is 3.63. The zero-order valence-corrected chi connectivity index (χ0v) is 5.48. The van der Waals surface area contributed by atoms with E-state index in [0.29, 0.717) is 0 Å². The van der Waals surface area contributed by atoms with Crippen LogP contribution in [0.4, 0.5) is 0 Å². The third-order valence-corrected chi connectivity index (χ3v) is 1.94. The van der Waals surface area contributed by atoms with Crippen LogP contribution in [-0.4, -0.2) is 18.2 Å². The maximum absolute atomic E-state index is 5.80. The van der Waals surface area contributed by atoms with Crippen LogP contribution in [0.2, 0.25) is 0 Å². The molecule has 1 heterocycles. The van der Waals surface area contributed by atoms with E-state index in [2.05, 4.69) is 0 Å². The molecule has 0 unspecified atom stereocenters. The molecule has 2 N–H and O–H groups in total. The van der Waals surface area contributed by atoms with Crippen molar-refractivity contribution in [1.82, 2.24) is 0 Å². The first-order valence-corrected chi connectivity index (χ1v) is 3.03. The van der Waals surface area contributed by atoms with E-state index in [9.17, 15) is 0 Å². The van der Waals surface area contributed by atoms with Crippen LogP contribution in [0.25, 0.3) is 0 Å². The van der Waals surface area contributed by atoms with Gasteiger partial charge < -0.3 is 10.5 Å². The van der Waals surface area contributed by atoms with Crippen molar-refractivity contribution in [1.29, 1.82) is 0 Å². The summed E-state index contributed by atoms with van der Waals surface area (Å²) >= 11 is 0. The summed E-state index contributed by atoms with van der Waals surface area (Å²) in [6, 6.07) is 0. The Hall–Kier alpha value is -0.0800. The molecule has 0 aromatic heterocycles. The summed E-state index contributed by atoms with van der Waals surface area (Å²) in [5.74, 6) is 0. The van der Waals surface area contributed by atoms with E-state index >= 15 is 0 Å². The van der Waals surface area contributed by atoms with Gasteiger partial charge in [0.15, 0.2) is 0 Å². The molecule has 0 amide bonds. The minimum atomic E-state index is -0.0694. The molecule has 2 nitrogen and oxygen atoms in total. The van der Waals surface area contributed by atoms with E-state index in [-0.39, 0.29) is 11.6 Å². The van der Waals surface area contributed by atoms with Crippen molar-refractivity contribution >= 4 is 0 Å². The van der Waals surface area contributed by atoms with Crippen LogP contribution in [0.15, 0.2) is 0 Å². The van der Waals surface area contributed by atoms with Crippen molar-refractivity contribution in [3.05, 3.63) is 0 Å². The molecule has 0 bridgehead atoms. The molecule has 1 fully saturated rings. The van der Waals surface area contributed by atoms with Gasteiger partial charge >= 0.3 is 0 Å². The Morgan fingerprint density at radius 1 is 1.75 bits per heavy atom. The zero-order chi connectivity index (χ0) is 6.20. The summed E-state index contributed by atoms with van der Waals surface area (Å²) in [6.45, 7) is 4.88. The third kappa shape index (κ3) is 0.858. The Morgan fingerprint density at radius 3 is 2.50 bits per heavy atom. The first kappa shape index (κ1) is 6.05. The van der Waals surface area contributed by atoms with Gasteiger partial charge in [0, 0.05) is 12.1 Å². The minimum absolute atomic E-state index is 0.0694. The van der Waals surface area contributed by atoms with Crippen LogP contribution in [-0.2, 0) is 4.74 Å². The lowest BCUT2D eigenvalue weighted by atomic mass is 9.97. The second-order valence-corrected chi connectivity index (χ2v) is 2.77. The topological polar surface area (TPSA) is 35.2 Å². The number of nitrogens with two attached hydrogens (primary N) is 1. The van der Waals surface area contributed by atoms with Crippen LogP contribution >= 0.6 is 0 Å². The van der Waals surface area contributed by atoms with Crippen LogP contribution < -0.4 is 5.73 Å². The highest BCUT2D eigenvalue weighted by atomic mass is 16.5. The molecule has 0 aliphatic carbocycles. The van der Waals surface area contributed by atoms with E-state index in [1.165, 1.54) is 0 Å². The zero-order valence-electron chi connectivity index (χ0n) is 5.48. The molecule has 2 heteroatoms. The average molecular weight is 115 g/mol. The Labute approximate surface area is 50.0 Å². The quantitative estimate of drug-likeness (QED) is 0.499. The SMILES string of the molecule is C[C@H]1OCC[C@]1(C)N. The van der Waals surface area contributed by atoms with Gasteiger partial charge in [0.05, 0.1) is 6.10 Å². The molecule has 1 saturated heterocycles. The predicted octanol–water partition coefficient (Wildman–Crippen LogP) is 0.513. The molecule has 0 saturated carbocycles. The highest BCUT2D eigenvalue weighted by Gasteiger charge is 2.32. The lowest BCUT2D eigenvalue weighted by molar-refractivity contribution is 0.100. The first-order valence-electron chi connectivity index (χ1n) is 3.03. The molecule has 2 atom stereocenters. The van der Waals surface area contributed by atoms with Crippen LogP contribution in [0, 0.1) is 0 Å². The van der Waals surface area contributed by atoms with Crippen molar-refractivity contribution < 1.29 is 4.74 Å². The summed E-state index contributed by atoms with van der Waals surface area (Å²) in [6.07, 6.45) is 1.23. The maximum Gasteiger partial charge on any atom is 0.0724 e. The Balaban J connectivity index is 2.54. The average Bonchev–Trinajstić information content (AvgIpc) is 1.86. The van der Waals surface area contributed by atoms with Crippen molar-refractivity contribution in [3.63, 3.8) is 0 Å². The number of hydrogen-bond donors (Lipinski definition) is 1. The van der Waals surface area contributed by atoms with Gasteiger partial charge in [0.25, 0.3) is 0 Å². The second kappa shape index (κ2) is 1.71. The van der Waals surface area contributed by atoms with Gasteiger partial charge in [-0.15, -0.1) is 0 Å². The normalized spacial score (nSPS) is 47.6. The molecule has 0 aromatic carbocycles. The van der Waals surface area contributed by atoms with Crippen molar-refractivity contribution in [2.45, 2.75) is 31.9 Å². The van der Waals surface area contributed by atoms with Gasteiger partial charge in [-0.05, 0) is 20.3 Å². The van der Waals surface area contributed by atoms with Crippen molar-refractivity contribution in [2.24, 2.45) is 5.73 Å². The lowest BCUT2D eigenvalue weighted by Gasteiger charge is -2.20. The van der Waals surface area contributed by atoms with Gasteiger partial charge in [0.1, 0.15) is 0 Å². The molecular formula is C6H13NO. The fourth-order valence-electron chi connectivity index (χ4n) is 0.849. The molecule has 48 valence electrons. The standard InChI is InChI=1S/C6H13NO/c1-5-6(2,7)3-4-8-5/h5H,3-4,7H2,1-2H3/t5-,6+/m1/s1. The molecular weight excluding hydrogens is 102 g/mol. The molecule has 1 rings (SSSR count). The molecule has 1 aliphatic heterocycles. The molecule has 0 spiro atoms. The molecule has 0 radical (unpaired) electrons. The highest BCUT2D eigenvalue weighted by molar-refractivity contribution is 4.89. The van der Waals surface area contributed by atoms with E-state index in [1.54, 1.807) is 0 Å². The van der Waals surface area contributed by atoms with Crippen LogP contribution in [0.5, 0.6) is 0 Å². The second-order valence-electron chi connectivity index (χ2n) is 2.77. The minimum Gasteiger partial charge on any atom is -0.377 e. The largest absolute Gasteiger partial charge is 0.377 e. The summed E-state index contributed by atoms with van der Waals surface area (Å²) < 4.78 is 5.24. The third-order valence-electron chi connectivity index (χ3n) is 1.94.